The number of nitrogens with one attached hydrogen (secondary N) is 1. The number of carboxylic acid groups (broad SMARTS) is 1. The third-order valence-corrected chi connectivity index (χ3v) is 5.36. The number of carbonyl (C=O) groups excluding carboxylic acids is 3. The fourth-order valence-corrected chi connectivity index (χ4v) is 3.95. The minimum absolute atomic E-state index is 0.0637. The molecule has 4 rings (SSSR count). The van der Waals surface area contributed by atoms with Gasteiger partial charge in [0.25, 0.3) is 11.8 Å². The van der Waals surface area contributed by atoms with Crippen LogP contribution in [0.15, 0.2) is 58.4 Å². The predicted octanol–water partition coefficient (Wildman–Crippen LogP) is 1.67. The first-order chi connectivity index (χ1) is 14.3. The summed E-state index contributed by atoms with van der Waals surface area (Å²) >= 11 is 0.927. The topological polar surface area (TPSA) is 142 Å². The van der Waals surface area contributed by atoms with E-state index in [0.29, 0.717) is 16.9 Å². The van der Waals surface area contributed by atoms with E-state index in [1.807, 2.05) is 0 Å². The fraction of sp³-hybridized carbons (Fsp3) is 0.0500. The summed E-state index contributed by atoms with van der Waals surface area (Å²) in [5.74, 6) is -2.63. The monoisotopic (exact) mass is 422 g/mol. The minimum atomic E-state index is -1.07. The zero-order valence-corrected chi connectivity index (χ0v) is 16.1. The van der Waals surface area contributed by atoms with Gasteiger partial charge in [-0.2, -0.15) is 4.99 Å². The van der Waals surface area contributed by atoms with E-state index >= 15 is 0 Å². The van der Waals surface area contributed by atoms with E-state index in [-0.39, 0.29) is 27.8 Å². The number of hydrogen-bond donors (Lipinski definition) is 3. The van der Waals surface area contributed by atoms with Gasteiger partial charge in [-0.05, 0) is 42.1 Å². The summed E-state index contributed by atoms with van der Waals surface area (Å²) < 4.78 is 0. The summed E-state index contributed by atoms with van der Waals surface area (Å²) in [5.41, 5.74) is 7.30. The van der Waals surface area contributed by atoms with E-state index in [1.54, 1.807) is 24.3 Å². The first-order valence-electron chi connectivity index (χ1n) is 8.70. The molecule has 4 N–H and O–H groups in total. The Hall–Kier alpha value is -3.92. The fourth-order valence-electron chi connectivity index (χ4n) is 3.18. The van der Waals surface area contributed by atoms with E-state index in [0.717, 1.165) is 11.8 Å². The van der Waals surface area contributed by atoms with Crippen molar-refractivity contribution in [1.29, 1.82) is 0 Å². The Morgan fingerprint density at radius 3 is 2.43 bits per heavy atom. The molecule has 9 nitrogen and oxygen atoms in total. The smallest absolute Gasteiger partial charge is 0.335 e. The molecule has 0 aliphatic carbocycles. The van der Waals surface area contributed by atoms with Crippen LogP contribution >= 0.6 is 11.8 Å². The average molecular weight is 422 g/mol. The van der Waals surface area contributed by atoms with Gasteiger partial charge in [0.2, 0.25) is 5.91 Å². The number of carbonyl (C=O) groups is 4. The molecule has 3 amide bonds. The number of para-hydroxylation sites is 1. The van der Waals surface area contributed by atoms with Gasteiger partial charge in [-0.15, -0.1) is 0 Å². The van der Waals surface area contributed by atoms with Gasteiger partial charge < -0.3 is 16.2 Å². The number of rotatable bonds is 4. The number of anilines is 2. The highest BCUT2D eigenvalue weighted by Gasteiger charge is 2.39. The number of thioether (sulfide) groups is 1. The Morgan fingerprint density at radius 2 is 1.80 bits per heavy atom. The Labute approximate surface area is 174 Å². The average Bonchev–Trinajstić information content (AvgIpc) is 3.18. The van der Waals surface area contributed by atoms with Crippen LogP contribution in [0.3, 0.4) is 0 Å². The summed E-state index contributed by atoms with van der Waals surface area (Å²) in [5, 5.41) is 11.6. The van der Waals surface area contributed by atoms with Crippen LogP contribution in [-0.2, 0) is 14.4 Å². The molecule has 2 aliphatic rings. The van der Waals surface area contributed by atoms with Crippen molar-refractivity contribution in [1.82, 2.24) is 0 Å². The van der Waals surface area contributed by atoms with Crippen LogP contribution in [0, 0.1) is 0 Å². The third-order valence-electron chi connectivity index (χ3n) is 4.48. The molecule has 10 heteroatoms. The van der Waals surface area contributed by atoms with Crippen molar-refractivity contribution in [3.8, 4) is 0 Å². The van der Waals surface area contributed by atoms with Gasteiger partial charge in [0.15, 0.2) is 5.17 Å². The molecule has 2 aromatic rings. The lowest BCUT2D eigenvalue weighted by atomic mass is 10.1. The normalized spacial score (nSPS) is 17.7. The third kappa shape index (κ3) is 3.44. The van der Waals surface area contributed by atoms with Crippen LogP contribution in [-0.4, -0.2) is 40.5 Å². The molecule has 0 atom stereocenters. The maximum absolute atomic E-state index is 13.1. The largest absolute Gasteiger partial charge is 0.478 e. The highest BCUT2D eigenvalue weighted by molar-refractivity contribution is 8.18. The van der Waals surface area contributed by atoms with Crippen molar-refractivity contribution in [2.75, 3.05) is 16.8 Å². The van der Waals surface area contributed by atoms with E-state index in [4.69, 9.17) is 10.8 Å². The Bertz CT molecular complexity index is 1170. The molecule has 2 heterocycles. The number of aromatic carboxylic acids is 1. The molecule has 2 aromatic carbocycles. The molecule has 0 spiro atoms. The lowest BCUT2D eigenvalue weighted by molar-refractivity contribution is -0.118. The minimum Gasteiger partial charge on any atom is -0.478 e. The lowest BCUT2D eigenvalue weighted by Crippen LogP contribution is -2.35. The molecule has 0 bridgehead atoms. The number of amides is 3. The molecule has 0 saturated heterocycles. The van der Waals surface area contributed by atoms with Gasteiger partial charge in [0, 0.05) is 11.3 Å². The number of amidine groups is 1. The number of hydrogen-bond acceptors (Lipinski definition) is 6. The van der Waals surface area contributed by atoms with Gasteiger partial charge >= 0.3 is 5.97 Å². The molecule has 0 fully saturated rings. The van der Waals surface area contributed by atoms with E-state index in [2.05, 4.69) is 10.3 Å². The summed E-state index contributed by atoms with van der Waals surface area (Å²) in [6, 6.07) is 12.5. The van der Waals surface area contributed by atoms with Crippen LogP contribution in [0.4, 0.5) is 11.4 Å². The van der Waals surface area contributed by atoms with Crippen molar-refractivity contribution in [2.24, 2.45) is 10.7 Å². The number of fused-ring (bicyclic) bond motifs is 1. The molecule has 0 saturated carbocycles. The van der Waals surface area contributed by atoms with Crippen molar-refractivity contribution < 1.29 is 24.3 Å². The van der Waals surface area contributed by atoms with E-state index in [9.17, 15) is 19.2 Å². The molecule has 0 aromatic heterocycles. The number of nitrogens with zero attached hydrogens (tertiary/aromatic N) is 2. The zero-order chi connectivity index (χ0) is 21.4. The van der Waals surface area contributed by atoms with Gasteiger partial charge in [-0.25, -0.2) is 4.79 Å². The van der Waals surface area contributed by atoms with Crippen LogP contribution < -0.4 is 16.0 Å². The molecule has 0 unspecified atom stereocenters. The molecular formula is C20H14N4O5S. The molecule has 150 valence electrons. The second-order valence-corrected chi connectivity index (χ2v) is 7.43. The van der Waals surface area contributed by atoms with Gasteiger partial charge in [-0.1, -0.05) is 18.2 Å². The standard InChI is InChI=1S/C20H14N4O5S/c21-20-23-17(26)16(30-20)15-12-3-1-2-4-13(12)24(18(15)27)9-14(25)22-11-7-5-10(6-8-11)19(28)29/h1-8H,9H2,(H,22,25)(H,28,29)(H2,21,23,26)/b16-15+. The maximum atomic E-state index is 13.1. The van der Waals surface area contributed by atoms with Crippen molar-refractivity contribution in [2.45, 2.75) is 0 Å². The number of nitrogens with two attached hydrogens (primary N) is 1. The molecule has 0 radical (unpaired) electrons. The number of aliphatic imine (C=N–C) groups is 1. The first-order valence-corrected chi connectivity index (χ1v) is 9.52. The number of benzene rings is 2. The maximum Gasteiger partial charge on any atom is 0.335 e. The van der Waals surface area contributed by atoms with Crippen LogP contribution in [0.5, 0.6) is 0 Å². The van der Waals surface area contributed by atoms with Crippen LogP contribution in [0.2, 0.25) is 0 Å². The van der Waals surface area contributed by atoms with Gasteiger partial charge in [0.1, 0.15) is 6.54 Å². The van der Waals surface area contributed by atoms with Crippen molar-refractivity contribution >= 4 is 57.6 Å². The lowest BCUT2D eigenvalue weighted by Gasteiger charge is -2.16. The van der Waals surface area contributed by atoms with E-state index in [1.165, 1.54) is 29.2 Å². The molecular weight excluding hydrogens is 408 g/mol. The van der Waals surface area contributed by atoms with Gasteiger partial charge in [0.05, 0.1) is 21.7 Å². The first kappa shape index (κ1) is 19.4. The van der Waals surface area contributed by atoms with Crippen molar-refractivity contribution in [3.63, 3.8) is 0 Å². The molecule has 30 heavy (non-hydrogen) atoms. The number of carboxylic acids is 1. The summed E-state index contributed by atoms with van der Waals surface area (Å²) in [6.45, 7) is -0.289. The SMILES string of the molecule is NC1=NC(=O)/C(=C2\C(=O)N(CC(=O)Nc3ccc(C(=O)O)cc3)c3ccccc32)S1. The predicted molar refractivity (Wildman–Crippen MR) is 112 cm³/mol. The Balaban J connectivity index is 1.58. The Kier molecular flexibility index (Phi) is 4.84. The second kappa shape index (κ2) is 7.48. The van der Waals surface area contributed by atoms with E-state index < -0.39 is 23.7 Å². The summed E-state index contributed by atoms with van der Waals surface area (Å²) in [4.78, 5) is 53.7. The zero-order valence-electron chi connectivity index (χ0n) is 15.3. The quantitative estimate of drug-likeness (QED) is 0.636. The van der Waals surface area contributed by atoms with Crippen LogP contribution in [0.1, 0.15) is 15.9 Å². The van der Waals surface area contributed by atoms with Gasteiger partial charge in [-0.3, -0.25) is 19.3 Å². The summed E-state index contributed by atoms with van der Waals surface area (Å²) in [7, 11) is 0. The summed E-state index contributed by atoms with van der Waals surface area (Å²) in [6.07, 6.45) is 0. The molecule has 2 aliphatic heterocycles. The second-order valence-electron chi connectivity index (χ2n) is 6.40. The highest BCUT2D eigenvalue weighted by atomic mass is 32.2. The Morgan fingerprint density at radius 1 is 1.10 bits per heavy atom. The van der Waals surface area contributed by atoms with Crippen LogP contribution in [0.25, 0.3) is 5.57 Å². The van der Waals surface area contributed by atoms with Crippen molar-refractivity contribution in [3.05, 3.63) is 64.6 Å². The highest BCUT2D eigenvalue weighted by Crippen LogP contribution is 2.42.